The van der Waals surface area contributed by atoms with Crippen LogP contribution in [0.15, 0.2) is 0 Å². The Morgan fingerprint density at radius 2 is 2.27 bits per heavy atom. The fourth-order valence-corrected chi connectivity index (χ4v) is 2.16. The third-order valence-electron chi connectivity index (χ3n) is 3.30. The number of nitrogens with one attached hydrogen (secondary N) is 1. The van der Waals surface area contributed by atoms with Crippen LogP contribution in [0.2, 0.25) is 0 Å². The molecule has 0 aromatic heterocycles. The standard InChI is InChI=1S/C11H23N3O/c1-9-6-4-3-5-7-14(9)8-10(13-2)11(12)15/h9-10,13H,3-8H2,1-2H3,(H2,12,15). The molecular weight excluding hydrogens is 190 g/mol. The van der Waals surface area contributed by atoms with E-state index in [-0.39, 0.29) is 11.9 Å². The molecule has 1 saturated heterocycles. The van der Waals surface area contributed by atoms with E-state index in [1.807, 2.05) is 0 Å². The van der Waals surface area contributed by atoms with Gasteiger partial charge in [-0.15, -0.1) is 0 Å². The van der Waals surface area contributed by atoms with E-state index in [4.69, 9.17) is 5.73 Å². The molecule has 0 radical (unpaired) electrons. The molecule has 2 atom stereocenters. The first kappa shape index (κ1) is 12.5. The van der Waals surface area contributed by atoms with Crippen LogP contribution in [0, 0.1) is 0 Å². The van der Waals surface area contributed by atoms with Crippen LogP contribution in [0.1, 0.15) is 32.6 Å². The minimum Gasteiger partial charge on any atom is -0.368 e. The molecule has 1 rings (SSSR count). The van der Waals surface area contributed by atoms with Gasteiger partial charge in [0.1, 0.15) is 0 Å². The number of primary amides is 1. The Morgan fingerprint density at radius 1 is 1.53 bits per heavy atom. The van der Waals surface area contributed by atoms with E-state index in [0.29, 0.717) is 6.04 Å². The number of likely N-dealkylation sites (tertiary alicyclic amines) is 1. The van der Waals surface area contributed by atoms with Gasteiger partial charge in [0.05, 0.1) is 6.04 Å². The molecule has 3 N–H and O–H groups in total. The number of hydrogen-bond donors (Lipinski definition) is 2. The maximum absolute atomic E-state index is 11.1. The summed E-state index contributed by atoms with van der Waals surface area (Å²) in [4.78, 5) is 13.5. The van der Waals surface area contributed by atoms with E-state index < -0.39 is 0 Å². The van der Waals surface area contributed by atoms with Crippen LogP contribution in [0.5, 0.6) is 0 Å². The van der Waals surface area contributed by atoms with Crippen molar-refractivity contribution in [1.29, 1.82) is 0 Å². The SMILES string of the molecule is CNC(CN1CCCCCC1C)C(N)=O. The molecule has 0 saturated carbocycles. The summed E-state index contributed by atoms with van der Waals surface area (Å²) < 4.78 is 0. The molecule has 1 amide bonds. The summed E-state index contributed by atoms with van der Waals surface area (Å²) in [5.41, 5.74) is 5.32. The number of hydrogen-bond acceptors (Lipinski definition) is 3. The second-order valence-corrected chi connectivity index (χ2v) is 4.44. The Balaban J connectivity index is 2.49. The molecule has 2 unspecified atom stereocenters. The number of carbonyl (C=O) groups excluding carboxylic acids is 1. The van der Waals surface area contributed by atoms with Gasteiger partial charge < -0.3 is 11.1 Å². The van der Waals surface area contributed by atoms with Crippen molar-refractivity contribution in [2.75, 3.05) is 20.1 Å². The maximum atomic E-state index is 11.1. The van der Waals surface area contributed by atoms with Crippen LogP contribution in [0.3, 0.4) is 0 Å². The van der Waals surface area contributed by atoms with Gasteiger partial charge in [-0.3, -0.25) is 9.69 Å². The van der Waals surface area contributed by atoms with Crippen LogP contribution in [0.25, 0.3) is 0 Å². The highest BCUT2D eigenvalue weighted by molar-refractivity contribution is 5.80. The number of nitrogens with two attached hydrogens (primary N) is 1. The molecule has 4 heteroatoms. The Labute approximate surface area is 92.2 Å². The molecule has 0 bridgehead atoms. The van der Waals surface area contributed by atoms with Crippen LogP contribution in [0.4, 0.5) is 0 Å². The van der Waals surface area contributed by atoms with Crippen molar-refractivity contribution in [3.8, 4) is 0 Å². The molecule has 88 valence electrons. The molecule has 1 heterocycles. The van der Waals surface area contributed by atoms with Crippen molar-refractivity contribution in [3.05, 3.63) is 0 Å². The van der Waals surface area contributed by atoms with Crippen LogP contribution < -0.4 is 11.1 Å². The van der Waals surface area contributed by atoms with Gasteiger partial charge in [0.25, 0.3) is 0 Å². The third-order valence-corrected chi connectivity index (χ3v) is 3.30. The van der Waals surface area contributed by atoms with Crippen molar-refractivity contribution >= 4 is 5.91 Å². The van der Waals surface area contributed by atoms with Crippen LogP contribution in [-0.4, -0.2) is 43.0 Å². The van der Waals surface area contributed by atoms with Gasteiger partial charge in [-0.25, -0.2) is 0 Å². The smallest absolute Gasteiger partial charge is 0.235 e. The average Bonchev–Trinajstić information content (AvgIpc) is 2.39. The minimum atomic E-state index is -0.256. The fourth-order valence-electron chi connectivity index (χ4n) is 2.16. The summed E-state index contributed by atoms with van der Waals surface area (Å²) in [5.74, 6) is -0.256. The van der Waals surface area contributed by atoms with Crippen molar-refractivity contribution in [3.63, 3.8) is 0 Å². The van der Waals surface area contributed by atoms with E-state index in [2.05, 4.69) is 17.1 Å². The van der Waals surface area contributed by atoms with Gasteiger partial charge in [0, 0.05) is 12.6 Å². The van der Waals surface area contributed by atoms with Gasteiger partial charge in [0.2, 0.25) is 5.91 Å². The predicted molar refractivity (Wildman–Crippen MR) is 61.5 cm³/mol. The van der Waals surface area contributed by atoms with Crippen LogP contribution >= 0.6 is 0 Å². The summed E-state index contributed by atoms with van der Waals surface area (Å²) in [5, 5.41) is 2.97. The number of nitrogens with zero attached hydrogens (tertiary/aromatic N) is 1. The lowest BCUT2D eigenvalue weighted by atomic mass is 10.1. The van der Waals surface area contributed by atoms with Gasteiger partial charge in [-0.1, -0.05) is 12.8 Å². The van der Waals surface area contributed by atoms with E-state index >= 15 is 0 Å². The monoisotopic (exact) mass is 213 g/mol. The van der Waals surface area contributed by atoms with Crippen molar-refractivity contribution in [2.24, 2.45) is 5.73 Å². The van der Waals surface area contributed by atoms with Gasteiger partial charge in [0.15, 0.2) is 0 Å². The van der Waals surface area contributed by atoms with E-state index in [1.165, 1.54) is 25.7 Å². The zero-order valence-electron chi connectivity index (χ0n) is 9.83. The second-order valence-electron chi connectivity index (χ2n) is 4.44. The zero-order valence-corrected chi connectivity index (χ0v) is 9.83. The van der Waals surface area contributed by atoms with Gasteiger partial charge in [-0.2, -0.15) is 0 Å². The summed E-state index contributed by atoms with van der Waals surface area (Å²) >= 11 is 0. The number of rotatable bonds is 4. The van der Waals surface area contributed by atoms with E-state index in [9.17, 15) is 4.79 Å². The lowest BCUT2D eigenvalue weighted by Gasteiger charge is -2.29. The molecular formula is C11H23N3O. The first-order valence-electron chi connectivity index (χ1n) is 5.85. The number of likely N-dealkylation sites (N-methyl/N-ethyl adjacent to an activating group) is 1. The van der Waals surface area contributed by atoms with E-state index in [0.717, 1.165) is 13.1 Å². The maximum Gasteiger partial charge on any atom is 0.235 e. The molecule has 0 spiro atoms. The Kier molecular flexibility index (Phi) is 5.05. The Hall–Kier alpha value is -0.610. The summed E-state index contributed by atoms with van der Waals surface area (Å²) in [6.07, 6.45) is 5.08. The van der Waals surface area contributed by atoms with Gasteiger partial charge >= 0.3 is 0 Å². The Morgan fingerprint density at radius 3 is 2.87 bits per heavy atom. The third kappa shape index (κ3) is 3.80. The average molecular weight is 213 g/mol. The van der Waals surface area contributed by atoms with Crippen LogP contribution in [-0.2, 0) is 4.79 Å². The topological polar surface area (TPSA) is 58.4 Å². The Bertz CT molecular complexity index is 208. The molecule has 1 aliphatic heterocycles. The largest absolute Gasteiger partial charge is 0.368 e. The molecule has 0 aromatic carbocycles. The quantitative estimate of drug-likeness (QED) is 0.707. The van der Waals surface area contributed by atoms with Crippen molar-refractivity contribution in [2.45, 2.75) is 44.7 Å². The zero-order chi connectivity index (χ0) is 11.3. The summed E-state index contributed by atoms with van der Waals surface area (Å²) in [7, 11) is 1.79. The number of carbonyl (C=O) groups is 1. The summed E-state index contributed by atoms with van der Waals surface area (Å²) in [6.45, 7) is 4.07. The first-order chi connectivity index (χ1) is 7.15. The number of amides is 1. The summed E-state index contributed by atoms with van der Waals surface area (Å²) in [6, 6.07) is 0.355. The minimum absolute atomic E-state index is 0.217. The fraction of sp³-hybridized carbons (Fsp3) is 0.909. The highest BCUT2D eigenvalue weighted by atomic mass is 16.1. The van der Waals surface area contributed by atoms with Gasteiger partial charge in [-0.05, 0) is 33.4 Å². The molecule has 15 heavy (non-hydrogen) atoms. The molecule has 0 aromatic rings. The first-order valence-corrected chi connectivity index (χ1v) is 5.85. The molecule has 0 aliphatic carbocycles. The normalized spacial score (nSPS) is 25.9. The molecule has 1 aliphatic rings. The predicted octanol–water partition coefficient (Wildman–Crippen LogP) is 0.324. The highest BCUT2D eigenvalue weighted by Gasteiger charge is 2.22. The highest BCUT2D eigenvalue weighted by Crippen LogP contribution is 2.16. The molecule has 1 fully saturated rings. The lowest BCUT2D eigenvalue weighted by molar-refractivity contribution is -0.120. The second kappa shape index (κ2) is 6.08. The van der Waals surface area contributed by atoms with E-state index in [1.54, 1.807) is 7.05 Å². The van der Waals surface area contributed by atoms with Crippen molar-refractivity contribution < 1.29 is 4.79 Å². The molecule has 4 nitrogen and oxygen atoms in total. The lowest BCUT2D eigenvalue weighted by Crippen LogP contribution is -2.49. The van der Waals surface area contributed by atoms with Crippen molar-refractivity contribution in [1.82, 2.24) is 10.2 Å².